The van der Waals surface area contributed by atoms with Crippen molar-refractivity contribution in [1.82, 2.24) is 0 Å². The molecule has 0 aliphatic carbocycles. The minimum atomic E-state index is -3.34. The van der Waals surface area contributed by atoms with Crippen LogP contribution in [-0.2, 0) is 19.6 Å². The normalized spacial score (nSPS) is 15.3. The molecule has 2 aromatic rings. The first-order chi connectivity index (χ1) is 13.3. The van der Waals surface area contributed by atoms with Crippen molar-refractivity contribution in [3.05, 3.63) is 58.1 Å². The molecule has 0 spiro atoms. The van der Waals surface area contributed by atoms with Gasteiger partial charge in [-0.25, -0.2) is 13.2 Å². The molecular weight excluding hydrogens is 448 g/mol. The van der Waals surface area contributed by atoms with Crippen LogP contribution in [-0.4, -0.2) is 39.2 Å². The third kappa shape index (κ3) is 4.71. The average molecular weight is 467 g/mol. The summed E-state index contributed by atoms with van der Waals surface area (Å²) < 4.78 is 31.3. The van der Waals surface area contributed by atoms with Crippen LogP contribution in [0.3, 0.4) is 0 Å². The van der Waals surface area contributed by atoms with E-state index >= 15 is 0 Å². The van der Waals surface area contributed by atoms with Crippen LogP contribution in [0.25, 0.3) is 0 Å². The highest BCUT2D eigenvalue weighted by Crippen LogP contribution is 2.25. The number of nitrogens with zero attached hydrogens (tertiary/aromatic N) is 1. The third-order valence-electron chi connectivity index (χ3n) is 4.25. The summed E-state index contributed by atoms with van der Waals surface area (Å²) in [5, 5.41) is 2.66. The molecule has 0 atom stereocenters. The predicted octanol–water partition coefficient (Wildman–Crippen LogP) is 3.09. The number of aryl methyl sites for hydroxylation is 1. The maximum absolute atomic E-state index is 12.3. The average Bonchev–Trinajstić information content (AvgIpc) is 3.02. The van der Waals surface area contributed by atoms with E-state index < -0.39 is 28.5 Å². The lowest BCUT2D eigenvalue weighted by Crippen LogP contribution is -2.25. The Morgan fingerprint density at radius 1 is 1.21 bits per heavy atom. The fourth-order valence-corrected chi connectivity index (χ4v) is 4.65. The number of benzene rings is 2. The molecule has 1 aliphatic heterocycles. The van der Waals surface area contributed by atoms with Gasteiger partial charge in [-0.1, -0.05) is 22.0 Å². The fourth-order valence-electron chi connectivity index (χ4n) is 2.85. The molecule has 1 N–H and O–H groups in total. The Hall–Kier alpha value is -2.39. The lowest BCUT2D eigenvalue weighted by atomic mass is 10.2. The molecule has 0 unspecified atom stereocenters. The van der Waals surface area contributed by atoms with Crippen molar-refractivity contribution in [3.8, 4) is 0 Å². The molecule has 0 aromatic heterocycles. The molecule has 7 nitrogen and oxygen atoms in total. The van der Waals surface area contributed by atoms with E-state index in [-0.39, 0.29) is 11.3 Å². The van der Waals surface area contributed by atoms with Gasteiger partial charge in [0.2, 0.25) is 10.0 Å². The van der Waals surface area contributed by atoms with E-state index in [9.17, 15) is 18.0 Å². The van der Waals surface area contributed by atoms with Gasteiger partial charge in [0, 0.05) is 16.7 Å². The zero-order valence-corrected chi connectivity index (χ0v) is 17.5. The molecule has 1 saturated heterocycles. The Labute approximate surface area is 171 Å². The van der Waals surface area contributed by atoms with E-state index in [0.717, 1.165) is 10.0 Å². The summed E-state index contributed by atoms with van der Waals surface area (Å²) in [6, 6.07) is 11.5. The predicted molar refractivity (Wildman–Crippen MR) is 110 cm³/mol. The number of anilines is 2. The maximum atomic E-state index is 12.3. The van der Waals surface area contributed by atoms with Crippen molar-refractivity contribution in [1.29, 1.82) is 0 Å². The number of carbonyl (C=O) groups is 2. The molecule has 28 heavy (non-hydrogen) atoms. The summed E-state index contributed by atoms with van der Waals surface area (Å²) in [5.74, 6) is -1.06. The highest BCUT2D eigenvalue weighted by atomic mass is 79.9. The zero-order valence-electron chi connectivity index (χ0n) is 15.1. The van der Waals surface area contributed by atoms with E-state index in [1.165, 1.54) is 16.4 Å². The first kappa shape index (κ1) is 20.3. The first-order valence-electron chi connectivity index (χ1n) is 8.60. The van der Waals surface area contributed by atoms with Gasteiger partial charge in [-0.15, -0.1) is 0 Å². The molecule has 0 radical (unpaired) electrons. The van der Waals surface area contributed by atoms with Gasteiger partial charge in [0.1, 0.15) is 0 Å². The summed E-state index contributed by atoms with van der Waals surface area (Å²) in [6.07, 6.45) is 0.548. The van der Waals surface area contributed by atoms with Gasteiger partial charge in [-0.2, -0.15) is 0 Å². The van der Waals surface area contributed by atoms with Crippen molar-refractivity contribution in [2.24, 2.45) is 0 Å². The van der Waals surface area contributed by atoms with Gasteiger partial charge in [0.15, 0.2) is 6.61 Å². The van der Waals surface area contributed by atoms with Crippen molar-refractivity contribution in [2.75, 3.05) is 28.5 Å². The summed E-state index contributed by atoms with van der Waals surface area (Å²) in [5.41, 5.74) is 2.17. The Morgan fingerprint density at radius 3 is 2.68 bits per heavy atom. The maximum Gasteiger partial charge on any atom is 0.338 e. The zero-order chi connectivity index (χ0) is 20.3. The molecular formula is C19H19BrN2O5S. The molecule has 0 bridgehead atoms. The van der Waals surface area contributed by atoms with Crippen LogP contribution in [0, 0.1) is 6.92 Å². The minimum Gasteiger partial charge on any atom is -0.452 e. The summed E-state index contributed by atoms with van der Waals surface area (Å²) in [7, 11) is -3.34. The van der Waals surface area contributed by atoms with Gasteiger partial charge in [-0.05, 0) is 55.3 Å². The molecule has 148 valence electrons. The van der Waals surface area contributed by atoms with Crippen LogP contribution in [0.5, 0.6) is 0 Å². The Balaban J connectivity index is 1.61. The third-order valence-corrected chi connectivity index (χ3v) is 7.00. The number of carbonyl (C=O) groups excluding carboxylic acids is 2. The van der Waals surface area contributed by atoms with Gasteiger partial charge in [0.25, 0.3) is 5.91 Å². The minimum absolute atomic E-state index is 0.0946. The van der Waals surface area contributed by atoms with Gasteiger partial charge in [-0.3, -0.25) is 9.10 Å². The second kappa shape index (κ2) is 8.32. The number of sulfonamides is 1. The molecule has 1 amide bonds. The lowest BCUT2D eigenvalue weighted by molar-refractivity contribution is -0.119. The number of esters is 1. The van der Waals surface area contributed by atoms with Crippen LogP contribution in [0.1, 0.15) is 22.3 Å². The smallest absolute Gasteiger partial charge is 0.338 e. The van der Waals surface area contributed by atoms with Crippen molar-refractivity contribution in [3.63, 3.8) is 0 Å². The molecule has 0 saturated carbocycles. The number of hydrogen-bond acceptors (Lipinski definition) is 5. The Kier molecular flexibility index (Phi) is 6.04. The van der Waals surface area contributed by atoms with E-state index in [4.69, 9.17) is 4.74 Å². The van der Waals surface area contributed by atoms with Gasteiger partial charge < -0.3 is 10.1 Å². The summed E-state index contributed by atoms with van der Waals surface area (Å²) >= 11 is 3.39. The number of rotatable bonds is 5. The first-order valence-corrected chi connectivity index (χ1v) is 11.0. The second-order valence-corrected chi connectivity index (χ2v) is 9.25. The van der Waals surface area contributed by atoms with E-state index in [0.29, 0.717) is 24.3 Å². The standard InChI is InChI=1S/C19H19BrN2O5S/c1-13-10-15(6-7-17(13)20)21-18(23)12-27-19(24)14-4-2-5-16(11-14)22-8-3-9-28(22,25)26/h2,4-7,10-11H,3,8-9,12H2,1H3,(H,21,23). The molecule has 1 fully saturated rings. The molecule has 1 aliphatic rings. The number of halogens is 1. The quantitative estimate of drug-likeness (QED) is 0.683. The van der Waals surface area contributed by atoms with Crippen molar-refractivity contribution >= 4 is 49.2 Å². The summed E-state index contributed by atoms with van der Waals surface area (Å²) in [6.45, 7) is 1.84. The number of nitrogens with one attached hydrogen (secondary N) is 1. The van der Waals surface area contributed by atoms with Gasteiger partial charge in [0.05, 0.1) is 17.0 Å². The molecule has 3 rings (SSSR count). The topological polar surface area (TPSA) is 92.8 Å². The van der Waals surface area contributed by atoms with Crippen LogP contribution in [0.2, 0.25) is 0 Å². The van der Waals surface area contributed by atoms with E-state index in [2.05, 4.69) is 21.2 Å². The van der Waals surface area contributed by atoms with Crippen LogP contribution >= 0.6 is 15.9 Å². The number of hydrogen-bond donors (Lipinski definition) is 1. The monoisotopic (exact) mass is 466 g/mol. The van der Waals surface area contributed by atoms with E-state index in [1.807, 2.05) is 13.0 Å². The Morgan fingerprint density at radius 2 is 2.00 bits per heavy atom. The van der Waals surface area contributed by atoms with Gasteiger partial charge >= 0.3 is 5.97 Å². The van der Waals surface area contributed by atoms with Crippen molar-refractivity contribution < 1.29 is 22.7 Å². The van der Waals surface area contributed by atoms with Crippen LogP contribution < -0.4 is 9.62 Å². The van der Waals surface area contributed by atoms with Crippen LogP contribution in [0.15, 0.2) is 46.9 Å². The van der Waals surface area contributed by atoms with Crippen molar-refractivity contribution in [2.45, 2.75) is 13.3 Å². The number of ether oxygens (including phenoxy) is 1. The molecule has 2 aromatic carbocycles. The fraction of sp³-hybridized carbons (Fsp3) is 0.263. The number of amides is 1. The lowest BCUT2D eigenvalue weighted by Gasteiger charge is -2.17. The summed E-state index contributed by atoms with van der Waals surface area (Å²) in [4.78, 5) is 24.3. The highest BCUT2D eigenvalue weighted by Gasteiger charge is 2.28. The molecule has 1 heterocycles. The largest absolute Gasteiger partial charge is 0.452 e. The SMILES string of the molecule is Cc1cc(NC(=O)COC(=O)c2cccc(N3CCCS3(=O)=O)c2)ccc1Br. The Bertz CT molecular complexity index is 1020. The van der Waals surface area contributed by atoms with E-state index in [1.54, 1.807) is 24.3 Å². The second-order valence-electron chi connectivity index (χ2n) is 6.38. The molecule has 9 heteroatoms. The highest BCUT2D eigenvalue weighted by molar-refractivity contribution is 9.10. The van der Waals surface area contributed by atoms with Crippen LogP contribution in [0.4, 0.5) is 11.4 Å².